The molecule has 4 rings (SSSR count). The van der Waals surface area contributed by atoms with Crippen molar-refractivity contribution in [1.82, 2.24) is 9.55 Å². The first kappa shape index (κ1) is 14.2. The van der Waals surface area contributed by atoms with E-state index in [-0.39, 0.29) is 5.56 Å². The summed E-state index contributed by atoms with van der Waals surface area (Å²) in [5, 5.41) is 4.53. The van der Waals surface area contributed by atoms with Gasteiger partial charge in [0.15, 0.2) is 5.82 Å². The number of para-hydroxylation sites is 1. The van der Waals surface area contributed by atoms with Crippen LogP contribution < -0.4 is 11.0 Å². The van der Waals surface area contributed by atoms with E-state index in [9.17, 15) is 4.79 Å². The average Bonchev–Trinajstić information content (AvgIpc) is 2.61. The molecule has 1 aromatic heterocycles. The van der Waals surface area contributed by atoms with Gasteiger partial charge in [-0.3, -0.25) is 14.8 Å². The van der Waals surface area contributed by atoms with E-state index in [0.29, 0.717) is 0 Å². The molecule has 0 amide bonds. The highest BCUT2D eigenvalue weighted by Gasteiger charge is 2.24. The molecule has 1 aliphatic heterocycles. The molecule has 0 atom stereocenters. The van der Waals surface area contributed by atoms with Gasteiger partial charge in [-0.05, 0) is 50.7 Å². The van der Waals surface area contributed by atoms with Crippen LogP contribution in [-0.2, 0) is 19.4 Å². The van der Waals surface area contributed by atoms with Gasteiger partial charge in [-0.15, -0.1) is 0 Å². The first-order chi connectivity index (χ1) is 11.3. The highest BCUT2D eigenvalue weighted by molar-refractivity contribution is 5.98. The molecule has 23 heavy (non-hydrogen) atoms. The lowest BCUT2D eigenvalue weighted by Crippen LogP contribution is -2.36. The van der Waals surface area contributed by atoms with Gasteiger partial charge in [0.2, 0.25) is 0 Å². The molecule has 0 saturated heterocycles. The van der Waals surface area contributed by atoms with Gasteiger partial charge in [-0.1, -0.05) is 18.2 Å². The number of hydrogen-bond donors (Lipinski definition) is 1. The van der Waals surface area contributed by atoms with E-state index in [1.165, 1.54) is 0 Å². The summed E-state index contributed by atoms with van der Waals surface area (Å²) < 4.78 is 1.82. The molecule has 2 aliphatic rings. The number of hydrogen-bond acceptors (Lipinski definition) is 4. The van der Waals surface area contributed by atoms with Crippen molar-refractivity contribution in [3.05, 3.63) is 57.8 Å². The van der Waals surface area contributed by atoms with Gasteiger partial charge < -0.3 is 0 Å². The fraction of sp³-hybridized carbons (Fsp3) is 0.389. The van der Waals surface area contributed by atoms with Gasteiger partial charge in [0.1, 0.15) is 5.71 Å². The van der Waals surface area contributed by atoms with Crippen LogP contribution >= 0.6 is 0 Å². The molecule has 0 radical (unpaired) electrons. The maximum atomic E-state index is 12.7. The normalized spacial score (nSPS) is 18.3. The molecular formula is C18H20N4O. The van der Waals surface area contributed by atoms with Crippen molar-refractivity contribution in [3.63, 3.8) is 0 Å². The molecule has 0 fully saturated rings. The Labute approximate surface area is 135 Å². The molecule has 0 unspecified atom stereocenters. The van der Waals surface area contributed by atoms with Crippen LogP contribution in [0, 0.1) is 0 Å². The van der Waals surface area contributed by atoms with E-state index in [4.69, 9.17) is 4.98 Å². The third kappa shape index (κ3) is 2.67. The molecule has 2 heterocycles. The van der Waals surface area contributed by atoms with Crippen molar-refractivity contribution in [2.75, 3.05) is 5.43 Å². The van der Waals surface area contributed by atoms with Crippen LogP contribution in [0.15, 0.2) is 40.2 Å². The summed E-state index contributed by atoms with van der Waals surface area (Å²) in [5.41, 5.74) is 6.98. The molecule has 0 spiro atoms. The van der Waals surface area contributed by atoms with E-state index in [1.807, 2.05) is 34.9 Å². The molecule has 0 bridgehead atoms. The molecule has 2 aromatic rings. The third-order valence-corrected chi connectivity index (χ3v) is 4.59. The summed E-state index contributed by atoms with van der Waals surface area (Å²) in [5.74, 6) is 0.755. The summed E-state index contributed by atoms with van der Waals surface area (Å²) in [6, 6.07) is 9.86. The lowest BCUT2D eigenvalue weighted by Gasteiger charge is -2.23. The number of fused-ring (bicyclic) bond motifs is 2. The monoisotopic (exact) mass is 308 g/mol. The standard InChI is InChI=1S/C18H20N4O/c23-18-14-9-4-5-10-15(14)19-17-16(11-6-12-22(17)18)21-20-13-7-2-1-3-8-13/h1-3,7-8,20H,4-6,9-12H2/b21-16+. The van der Waals surface area contributed by atoms with Crippen LogP contribution in [0.4, 0.5) is 5.69 Å². The molecule has 0 saturated carbocycles. The predicted octanol–water partition coefficient (Wildman–Crippen LogP) is 2.73. The van der Waals surface area contributed by atoms with Gasteiger partial charge in [-0.25, -0.2) is 4.98 Å². The molecule has 1 aliphatic carbocycles. The van der Waals surface area contributed by atoms with E-state index >= 15 is 0 Å². The Balaban J connectivity index is 1.73. The zero-order chi connectivity index (χ0) is 15.6. The van der Waals surface area contributed by atoms with Crippen molar-refractivity contribution in [2.45, 2.75) is 45.1 Å². The zero-order valence-corrected chi connectivity index (χ0v) is 13.1. The highest BCUT2D eigenvalue weighted by atomic mass is 16.1. The summed E-state index contributed by atoms with van der Waals surface area (Å²) in [7, 11) is 0. The summed E-state index contributed by atoms with van der Waals surface area (Å²) >= 11 is 0. The minimum Gasteiger partial charge on any atom is -0.291 e. The van der Waals surface area contributed by atoms with Crippen molar-refractivity contribution >= 4 is 11.4 Å². The fourth-order valence-corrected chi connectivity index (χ4v) is 3.39. The Hall–Kier alpha value is -2.43. The van der Waals surface area contributed by atoms with E-state index < -0.39 is 0 Å². The number of benzene rings is 1. The van der Waals surface area contributed by atoms with Gasteiger partial charge in [0, 0.05) is 12.1 Å². The van der Waals surface area contributed by atoms with Crippen molar-refractivity contribution in [1.29, 1.82) is 0 Å². The third-order valence-electron chi connectivity index (χ3n) is 4.59. The second-order valence-corrected chi connectivity index (χ2v) is 6.16. The Morgan fingerprint density at radius 3 is 2.74 bits per heavy atom. The maximum absolute atomic E-state index is 12.7. The molecule has 118 valence electrons. The molecule has 1 N–H and O–H groups in total. The van der Waals surface area contributed by atoms with Gasteiger partial charge in [-0.2, -0.15) is 5.10 Å². The highest BCUT2D eigenvalue weighted by Crippen LogP contribution is 2.20. The second kappa shape index (κ2) is 5.99. The van der Waals surface area contributed by atoms with Crippen LogP contribution in [0.5, 0.6) is 0 Å². The Bertz CT molecular complexity index is 808. The second-order valence-electron chi connectivity index (χ2n) is 6.16. The number of aryl methyl sites for hydroxylation is 1. The van der Waals surface area contributed by atoms with Crippen molar-refractivity contribution < 1.29 is 0 Å². The average molecular weight is 308 g/mol. The molecule has 5 nitrogen and oxygen atoms in total. The lowest BCUT2D eigenvalue weighted by molar-refractivity contribution is 0.559. The number of nitrogens with zero attached hydrogens (tertiary/aromatic N) is 3. The first-order valence-corrected chi connectivity index (χ1v) is 8.33. The van der Waals surface area contributed by atoms with E-state index in [0.717, 1.165) is 73.6 Å². The molecule has 5 heteroatoms. The number of aromatic nitrogens is 2. The van der Waals surface area contributed by atoms with E-state index in [2.05, 4.69) is 10.5 Å². The quantitative estimate of drug-likeness (QED) is 0.868. The molecular weight excluding hydrogens is 288 g/mol. The van der Waals surface area contributed by atoms with Gasteiger partial charge in [0.25, 0.3) is 5.56 Å². The smallest absolute Gasteiger partial charge is 0.257 e. The van der Waals surface area contributed by atoms with Crippen LogP contribution in [0.1, 0.15) is 42.8 Å². The van der Waals surface area contributed by atoms with Crippen molar-refractivity contribution in [3.8, 4) is 0 Å². The number of nitrogens with one attached hydrogen (secondary N) is 1. The number of hydrazone groups is 1. The van der Waals surface area contributed by atoms with E-state index in [1.54, 1.807) is 0 Å². The van der Waals surface area contributed by atoms with Crippen LogP contribution in [0.25, 0.3) is 0 Å². The van der Waals surface area contributed by atoms with Crippen LogP contribution in [0.3, 0.4) is 0 Å². The Morgan fingerprint density at radius 2 is 1.87 bits per heavy atom. The Kier molecular flexibility index (Phi) is 3.69. The summed E-state index contributed by atoms with van der Waals surface area (Å²) in [4.78, 5) is 17.5. The fourth-order valence-electron chi connectivity index (χ4n) is 3.39. The lowest BCUT2D eigenvalue weighted by atomic mass is 9.96. The zero-order valence-electron chi connectivity index (χ0n) is 13.1. The Morgan fingerprint density at radius 1 is 1.04 bits per heavy atom. The van der Waals surface area contributed by atoms with Gasteiger partial charge >= 0.3 is 0 Å². The number of anilines is 1. The number of rotatable bonds is 2. The van der Waals surface area contributed by atoms with Crippen LogP contribution in [0.2, 0.25) is 0 Å². The molecule has 1 aromatic carbocycles. The van der Waals surface area contributed by atoms with Crippen LogP contribution in [-0.4, -0.2) is 15.3 Å². The SMILES string of the molecule is O=c1c2c(nc3n1CCC/C3=N\Nc1ccccc1)CCCC2. The summed E-state index contributed by atoms with van der Waals surface area (Å²) in [6.45, 7) is 0.749. The first-order valence-electron chi connectivity index (χ1n) is 8.33. The largest absolute Gasteiger partial charge is 0.291 e. The predicted molar refractivity (Wildman–Crippen MR) is 91.0 cm³/mol. The van der Waals surface area contributed by atoms with Crippen molar-refractivity contribution in [2.24, 2.45) is 5.10 Å². The maximum Gasteiger partial charge on any atom is 0.257 e. The minimum atomic E-state index is 0.150. The summed E-state index contributed by atoms with van der Waals surface area (Å²) in [6.07, 6.45) is 5.79. The minimum absolute atomic E-state index is 0.150. The topological polar surface area (TPSA) is 59.3 Å². The van der Waals surface area contributed by atoms with Gasteiger partial charge in [0.05, 0.1) is 11.4 Å².